The van der Waals surface area contributed by atoms with Gasteiger partial charge in [0, 0.05) is 12.1 Å². The molecule has 0 amide bonds. The van der Waals surface area contributed by atoms with Crippen LogP contribution in [0.1, 0.15) is 22.8 Å². The van der Waals surface area contributed by atoms with Crippen LogP contribution in [0.25, 0.3) is 0 Å². The molecule has 158 valence electrons. The molecule has 30 heavy (non-hydrogen) atoms. The molecule has 0 heterocycles. The van der Waals surface area contributed by atoms with Gasteiger partial charge in [0.05, 0.1) is 6.10 Å². The van der Waals surface area contributed by atoms with Gasteiger partial charge in [-0.1, -0.05) is 54.6 Å². The lowest BCUT2D eigenvalue weighted by Gasteiger charge is -2.18. The number of hydrogen-bond donors (Lipinski definition) is 3. The Morgan fingerprint density at radius 3 is 2.40 bits per heavy atom. The Morgan fingerprint density at radius 2 is 1.67 bits per heavy atom. The Balaban J connectivity index is 1.45. The minimum Gasteiger partial charge on any atom is -0.508 e. The predicted octanol–water partition coefficient (Wildman–Crippen LogP) is 4.43. The number of aliphatic hydroxyl groups is 1. The van der Waals surface area contributed by atoms with Crippen LogP contribution in [0.2, 0.25) is 0 Å². The van der Waals surface area contributed by atoms with Crippen molar-refractivity contribution in [3.63, 3.8) is 0 Å². The fraction of sp³-hybridized carbons (Fsp3) is 0.250. The Bertz CT molecular complexity index is 917. The average Bonchev–Trinajstić information content (AvgIpc) is 2.77. The minimum atomic E-state index is -3.07. The van der Waals surface area contributed by atoms with Gasteiger partial charge in [-0.15, -0.1) is 0 Å². The third-order valence-corrected chi connectivity index (χ3v) is 4.72. The molecular formula is C24H25F2NO3. The molecule has 0 unspecified atom stereocenters. The number of aliphatic hydroxyl groups excluding tert-OH is 1. The van der Waals surface area contributed by atoms with Crippen molar-refractivity contribution in [2.24, 2.45) is 0 Å². The summed E-state index contributed by atoms with van der Waals surface area (Å²) in [5.74, 6) is -2.52. The van der Waals surface area contributed by atoms with Crippen LogP contribution >= 0.6 is 0 Å². The van der Waals surface area contributed by atoms with Crippen molar-refractivity contribution in [2.75, 3.05) is 19.7 Å². The van der Waals surface area contributed by atoms with Gasteiger partial charge in [0.2, 0.25) is 0 Å². The summed E-state index contributed by atoms with van der Waals surface area (Å²) in [4.78, 5) is 0. The SMILES string of the molecule is Oc1ccc([C@@H](O)CNCCc2cccc(OCC(F)(F)c3ccccc3)c2)cc1. The summed E-state index contributed by atoms with van der Waals surface area (Å²) in [5, 5.41) is 22.6. The number of aromatic hydroxyl groups is 1. The second-order valence-electron chi connectivity index (χ2n) is 7.07. The molecule has 0 fully saturated rings. The molecule has 0 radical (unpaired) electrons. The van der Waals surface area contributed by atoms with Gasteiger partial charge >= 0.3 is 5.92 Å². The summed E-state index contributed by atoms with van der Waals surface area (Å²) in [6.07, 6.45) is -0.0188. The third-order valence-electron chi connectivity index (χ3n) is 4.72. The van der Waals surface area contributed by atoms with Crippen molar-refractivity contribution in [3.05, 3.63) is 95.6 Å². The van der Waals surface area contributed by atoms with E-state index in [9.17, 15) is 19.0 Å². The lowest BCUT2D eigenvalue weighted by molar-refractivity contribution is -0.0467. The number of nitrogens with one attached hydrogen (secondary N) is 1. The molecule has 3 aromatic carbocycles. The van der Waals surface area contributed by atoms with Crippen LogP contribution in [0.3, 0.4) is 0 Å². The summed E-state index contributed by atoms with van der Waals surface area (Å²) < 4.78 is 33.9. The minimum absolute atomic E-state index is 0.0717. The number of hydrogen-bond acceptors (Lipinski definition) is 4. The van der Waals surface area contributed by atoms with E-state index in [1.165, 1.54) is 24.3 Å². The van der Waals surface area contributed by atoms with E-state index >= 15 is 0 Å². The molecule has 0 aromatic heterocycles. The highest BCUT2D eigenvalue weighted by atomic mass is 19.3. The van der Waals surface area contributed by atoms with E-state index in [2.05, 4.69) is 5.32 Å². The van der Waals surface area contributed by atoms with Crippen molar-refractivity contribution < 1.29 is 23.7 Å². The van der Waals surface area contributed by atoms with Crippen molar-refractivity contribution in [2.45, 2.75) is 18.4 Å². The third kappa shape index (κ3) is 6.27. The molecule has 6 heteroatoms. The van der Waals surface area contributed by atoms with Gasteiger partial charge in [-0.25, -0.2) is 0 Å². The highest BCUT2D eigenvalue weighted by Gasteiger charge is 2.32. The maximum atomic E-state index is 14.3. The van der Waals surface area contributed by atoms with Gasteiger partial charge < -0.3 is 20.3 Å². The average molecular weight is 413 g/mol. The molecule has 0 aliphatic carbocycles. The first kappa shape index (κ1) is 21.7. The van der Waals surface area contributed by atoms with Crippen LogP contribution in [0.5, 0.6) is 11.5 Å². The first-order valence-corrected chi connectivity index (χ1v) is 9.77. The zero-order valence-electron chi connectivity index (χ0n) is 16.5. The largest absolute Gasteiger partial charge is 0.508 e. The van der Waals surface area contributed by atoms with Gasteiger partial charge in [-0.2, -0.15) is 8.78 Å². The molecule has 3 N–H and O–H groups in total. The van der Waals surface area contributed by atoms with Crippen molar-refractivity contribution in [1.82, 2.24) is 5.32 Å². The number of alkyl halides is 2. The van der Waals surface area contributed by atoms with E-state index in [4.69, 9.17) is 4.74 Å². The maximum absolute atomic E-state index is 14.3. The van der Waals surface area contributed by atoms with Crippen LogP contribution in [0.4, 0.5) is 8.78 Å². The molecular weight excluding hydrogens is 388 g/mol. The molecule has 0 aliphatic rings. The lowest BCUT2D eigenvalue weighted by atomic mass is 10.1. The fourth-order valence-electron chi connectivity index (χ4n) is 3.02. The molecule has 3 rings (SSSR count). The smallest absolute Gasteiger partial charge is 0.306 e. The van der Waals surface area contributed by atoms with E-state index < -0.39 is 18.6 Å². The molecule has 3 aromatic rings. The van der Waals surface area contributed by atoms with Gasteiger partial charge in [0.25, 0.3) is 0 Å². The molecule has 0 saturated heterocycles. The molecule has 0 saturated carbocycles. The van der Waals surface area contributed by atoms with E-state index in [1.807, 2.05) is 6.07 Å². The summed E-state index contributed by atoms with van der Waals surface area (Å²) in [5.41, 5.74) is 1.59. The van der Waals surface area contributed by atoms with Gasteiger partial charge in [0.1, 0.15) is 11.5 Å². The van der Waals surface area contributed by atoms with E-state index in [0.717, 1.165) is 11.1 Å². The van der Waals surface area contributed by atoms with Crippen LogP contribution in [0, 0.1) is 0 Å². The number of benzene rings is 3. The molecule has 1 atom stereocenters. The Kier molecular flexibility index (Phi) is 7.38. The number of phenolic OH excluding ortho intramolecular Hbond substituents is 1. The lowest BCUT2D eigenvalue weighted by Crippen LogP contribution is -2.24. The predicted molar refractivity (Wildman–Crippen MR) is 112 cm³/mol. The quantitative estimate of drug-likeness (QED) is 0.431. The second kappa shape index (κ2) is 10.2. The standard InChI is InChI=1S/C24H25F2NO3/c25-24(26,20-6-2-1-3-7-20)17-30-22-8-4-5-18(15-22)13-14-27-16-23(29)19-9-11-21(28)12-10-19/h1-12,15,23,27-29H,13-14,16-17H2/t23-/m0/s1. The number of ether oxygens (including phenoxy) is 1. The normalized spacial score (nSPS) is 12.5. The second-order valence-corrected chi connectivity index (χ2v) is 7.07. The van der Waals surface area contributed by atoms with E-state index in [1.54, 1.807) is 48.5 Å². The Hall–Kier alpha value is -2.96. The van der Waals surface area contributed by atoms with Crippen molar-refractivity contribution in [1.29, 1.82) is 0 Å². The maximum Gasteiger partial charge on any atom is 0.306 e. The van der Waals surface area contributed by atoms with Crippen molar-refractivity contribution >= 4 is 0 Å². The summed E-state index contributed by atoms with van der Waals surface area (Å²) in [6, 6.07) is 21.1. The number of halogens is 2. The topological polar surface area (TPSA) is 61.7 Å². The molecule has 0 bridgehead atoms. The van der Waals surface area contributed by atoms with E-state index in [0.29, 0.717) is 25.3 Å². The number of rotatable bonds is 10. The highest BCUT2D eigenvalue weighted by molar-refractivity contribution is 5.30. The van der Waals surface area contributed by atoms with Gasteiger partial charge in [-0.3, -0.25) is 0 Å². The van der Waals surface area contributed by atoms with Gasteiger partial charge in [0.15, 0.2) is 6.61 Å². The Morgan fingerprint density at radius 1 is 0.933 bits per heavy atom. The monoisotopic (exact) mass is 413 g/mol. The summed E-state index contributed by atoms with van der Waals surface area (Å²) in [6.45, 7) is 0.251. The summed E-state index contributed by atoms with van der Waals surface area (Å²) >= 11 is 0. The first-order chi connectivity index (χ1) is 14.4. The van der Waals surface area contributed by atoms with Crippen molar-refractivity contribution in [3.8, 4) is 11.5 Å². The van der Waals surface area contributed by atoms with Gasteiger partial charge in [-0.05, 0) is 48.4 Å². The molecule has 4 nitrogen and oxygen atoms in total. The zero-order valence-corrected chi connectivity index (χ0v) is 16.5. The number of phenols is 1. The van der Waals surface area contributed by atoms with Crippen LogP contribution in [0.15, 0.2) is 78.9 Å². The first-order valence-electron chi connectivity index (χ1n) is 9.77. The molecule has 0 spiro atoms. The fourth-order valence-corrected chi connectivity index (χ4v) is 3.02. The van der Waals surface area contributed by atoms with E-state index in [-0.39, 0.29) is 11.3 Å². The molecule has 0 aliphatic heterocycles. The van der Waals surface area contributed by atoms with Crippen LogP contribution in [-0.4, -0.2) is 29.9 Å². The summed E-state index contributed by atoms with van der Waals surface area (Å²) in [7, 11) is 0. The zero-order chi connectivity index (χ0) is 21.4. The van der Waals surface area contributed by atoms with Crippen LogP contribution in [-0.2, 0) is 12.3 Å². The highest BCUT2D eigenvalue weighted by Crippen LogP contribution is 2.29. The Labute approximate surface area is 174 Å². The van der Waals surface area contributed by atoms with Crippen LogP contribution < -0.4 is 10.1 Å².